The van der Waals surface area contributed by atoms with E-state index < -0.39 is 0 Å². The minimum atomic E-state index is -0.132. The predicted molar refractivity (Wildman–Crippen MR) is 53.3 cm³/mol. The summed E-state index contributed by atoms with van der Waals surface area (Å²) in [7, 11) is 0. The Morgan fingerprint density at radius 2 is 2.08 bits per heavy atom. The zero-order valence-corrected chi connectivity index (χ0v) is 8.11. The first-order valence-corrected chi connectivity index (χ1v) is 5.21. The van der Waals surface area contributed by atoms with Gasteiger partial charge in [0.05, 0.1) is 0 Å². The lowest BCUT2D eigenvalue weighted by atomic mass is 10.3. The van der Waals surface area contributed by atoms with Crippen LogP contribution in [0.25, 0.3) is 0 Å². The summed E-state index contributed by atoms with van der Waals surface area (Å²) in [5, 5.41) is 0. The van der Waals surface area contributed by atoms with Crippen LogP contribution in [0.15, 0.2) is 29.2 Å². The van der Waals surface area contributed by atoms with Gasteiger partial charge in [0.2, 0.25) is 0 Å². The van der Waals surface area contributed by atoms with Crippen LogP contribution in [0.4, 0.5) is 4.39 Å². The molecule has 0 spiro atoms. The second kappa shape index (κ2) is 3.31. The number of nitrogens with two attached hydrogens (primary N) is 1. The van der Waals surface area contributed by atoms with Gasteiger partial charge in [-0.1, -0.05) is 12.1 Å². The largest absolute Gasteiger partial charge is 0.329 e. The van der Waals surface area contributed by atoms with Crippen LogP contribution in [0.1, 0.15) is 12.8 Å². The minimum Gasteiger partial charge on any atom is -0.329 e. The van der Waals surface area contributed by atoms with E-state index in [4.69, 9.17) is 5.73 Å². The van der Waals surface area contributed by atoms with Crippen LogP contribution < -0.4 is 5.73 Å². The van der Waals surface area contributed by atoms with E-state index in [9.17, 15) is 4.39 Å². The van der Waals surface area contributed by atoms with Crippen molar-refractivity contribution in [2.75, 3.05) is 6.54 Å². The maximum absolute atomic E-state index is 13.2. The van der Waals surface area contributed by atoms with Crippen LogP contribution in [0, 0.1) is 5.82 Å². The Morgan fingerprint density at radius 3 is 2.62 bits per heavy atom. The first kappa shape index (κ1) is 9.03. The van der Waals surface area contributed by atoms with Crippen molar-refractivity contribution in [2.24, 2.45) is 5.73 Å². The van der Waals surface area contributed by atoms with Crippen LogP contribution in [0.3, 0.4) is 0 Å². The Balaban J connectivity index is 2.14. The van der Waals surface area contributed by atoms with Gasteiger partial charge in [-0.25, -0.2) is 4.39 Å². The zero-order valence-electron chi connectivity index (χ0n) is 7.29. The normalized spacial score (nSPS) is 18.6. The van der Waals surface area contributed by atoms with Gasteiger partial charge < -0.3 is 5.73 Å². The molecule has 0 aromatic heterocycles. The monoisotopic (exact) mass is 197 g/mol. The molecule has 1 saturated carbocycles. The molecule has 0 atom stereocenters. The molecule has 1 nitrogen and oxygen atoms in total. The fraction of sp³-hybridized carbons (Fsp3) is 0.400. The molecule has 1 aromatic carbocycles. The Morgan fingerprint density at radius 1 is 1.38 bits per heavy atom. The molecule has 0 bridgehead atoms. The van der Waals surface area contributed by atoms with Crippen LogP contribution in [0.2, 0.25) is 0 Å². The third kappa shape index (κ3) is 1.86. The maximum atomic E-state index is 13.2. The van der Waals surface area contributed by atoms with Crippen molar-refractivity contribution in [1.82, 2.24) is 0 Å². The van der Waals surface area contributed by atoms with Crippen LogP contribution >= 0.6 is 11.8 Å². The lowest BCUT2D eigenvalue weighted by Gasteiger charge is -2.11. The summed E-state index contributed by atoms with van der Waals surface area (Å²) >= 11 is 1.58. The van der Waals surface area contributed by atoms with E-state index in [2.05, 4.69) is 0 Å². The summed E-state index contributed by atoms with van der Waals surface area (Å²) in [6.07, 6.45) is 2.23. The molecule has 2 N–H and O–H groups in total. The van der Waals surface area contributed by atoms with Gasteiger partial charge in [0, 0.05) is 16.2 Å². The van der Waals surface area contributed by atoms with E-state index in [1.54, 1.807) is 17.8 Å². The molecule has 70 valence electrons. The Labute approximate surface area is 81.5 Å². The van der Waals surface area contributed by atoms with Crippen molar-refractivity contribution in [2.45, 2.75) is 22.5 Å². The molecule has 1 aliphatic rings. The number of hydrogen-bond acceptors (Lipinski definition) is 2. The highest BCUT2D eigenvalue weighted by Gasteiger charge is 2.42. The second-order valence-corrected chi connectivity index (χ2v) is 4.93. The fourth-order valence-corrected chi connectivity index (χ4v) is 2.42. The van der Waals surface area contributed by atoms with Gasteiger partial charge in [0.25, 0.3) is 0 Å². The maximum Gasteiger partial charge on any atom is 0.136 e. The molecule has 0 saturated heterocycles. The Bertz CT molecular complexity index is 310. The summed E-state index contributed by atoms with van der Waals surface area (Å²) in [5.41, 5.74) is 5.62. The molecule has 3 heteroatoms. The molecule has 0 radical (unpaired) electrons. The fourth-order valence-electron chi connectivity index (χ4n) is 1.25. The number of rotatable bonds is 3. The highest BCUT2D eigenvalue weighted by Crippen LogP contribution is 2.51. The van der Waals surface area contributed by atoms with Gasteiger partial charge >= 0.3 is 0 Å². The molecular weight excluding hydrogens is 185 g/mol. The van der Waals surface area contributed by atoms with Crippen LogP contribution in [0.5, 0.6) is 0 Å². The third-order valence-corrected chi connectivity index (χ3v) is 3.90. The molecule has 0 unspecified atom stereocenters. The summed E-state index contributed by atoms with van der Waals surface area (Å²) in [4.78, 5) is 0.727. The summed E-state index contributed by atoms with van der Waals surface area (Å²) in [6.45, 7) is 0.645. The molecule has 1 aliphatic carbocycles. The number of halogens is 1. The van der Waals surface area contributed by atoms with Crippen LogP contribution in [-0.2, 0) is 0 Å². The SMILES string of the molecule is NCC1(Sc2ccccc2F)CC1. The van der Waals surface area contributed by atoms with Crippen molar-refractivity contribution in [3.8, 4) is 0 Å². The lowest BCUT2D eigenvalue weighted by Crippen LogP contribution is -2.17. The minimum absolute atomic E-state index is 0.132. The van der Waals surface area contributed by atoms with Crippen molar-refractivity contribution in [3.63, 3.8) is 0 Å². The molecular formula is C10H12FNS. The molecule has 0 amide bonds. The van der Waals surface area contributed by atoms with E-state index in [1.165, 1.54) is 6.07 Å². The van der Waals surface area contributed by atoms with Crippen molar-refractivity contribution >= 4 is 11.8 Å². The molecule has 1 aromatic rings. The van der Waals surface area contributed by atoms with E-state index in [0.717, 1.165) is 17.7 Å². The van der Waals surface area contributed by atoms with Crippen LogP contribution in [-0.4, -0.2) is 11.3 Å². The highest BCUT2D eigenvalue weighted by atomic mass is 32.2. The molecule has 0 aliphatic heterocycles. The second-order valence-electron chi connectivity index (χ2n) is 3.42. The molecule has 0 heterocycles. The lowest BCUT2D eigenvalue weighted by molar-refractivity contribution is 0.601. The molecule has 1 fully saturated rings. The van der Waals surface area contributed by atoms with Gasteiger partial charge in [-0.05, 0) is 25.0 Å². The average molecular weight is 197 g/mol. The van der Waals surface area contributed by atoms with E-state index >= 15 is 0 Å². The van der Waals surface area contributed by atoms with Gasteiger partial charge in [0.15, 0.2) is 0 Å². The highest BCUT2D eigenvalue weighted by molar-refractivity contribution is 8.01. The van der Waals surface area contributed by atoms with Gasteiger partial charge in [-0.2, -0.15) is 0 Å². The molecule has 13 heavy (non-hydrogen) atoms. The zero-order chi connectivity index (χ0) is 9.31. The smallest absolute Gasteiger partial charge is 0.136 e. The number of benzene rings is 1. The third-order valence-electron chi connectivity index (χ3n) is 2.34. The molecule has 2 rings (SSSR count). The predicted octanol–water partition coefficient (Wildman–Crippen LogP) is 2.41. The van der Waals surface area contributed by atoms with Gasteiger partial charge in [-0.3, -0.25) is 0 Å². The quantitative estimate of drug-likeness (QED) is 0.805. The Hall–Kier alpha value is -0.540. The van der Waals surface area contributed by atoms with E-state index in [1.807, 2.05) is 12.1 Å². The summed E-state index contributed by atoms with van der Waals surface area (Å²) in [6, 6.07) is 6.88. The number of hydrogen-bond donors (Lipinski definition) is 1. The summed E-state index contributed by atoms with van der Waals surface area (Å²) < 4.78 is 13.4. The summed E-state index contributed by atoms with van der Waals surface area (Å²) in [5.74, 6) is -0.132. The van der Waals surface area contributed by atoms with E-state index in [-0.39, 0.29) is 10.6 Å². The van der Waals surface area contributed by atoms with Crippen molar-refractivity contribution < 1.29 is 4.39 Å². The first-order chi connectivity index (χ1) is 6.26. The van der Waals surface area contributed by atoms with Crippen molar-refractivity contribution in [3.05, 3.63) is 30.1 Å². The average Bonchev–Trinajstić information content (AvgIpc) is 2.90. The van der Waals surface area contributed by atoms with E-state index in [0.29, 0.717) is 6.54 Å². The first-order valence-electron chi connectivity index (χ1n) is 4.39. The Kier molecular flexibility index (Phi) is 2.30. The topological polar surface area (TPSA) is 26.0 Å². The standard InChI is InChI=1S/C10H12FNS/c11-8-3-1-2-4-9(8)13-10(7-12)5-6-10/h1-4H,5-7,12H2. The number of thioether (sulfide) groups is 1. The van der Waals surface area contributed by atoms with Gasteiger partial charge in [0.1, 0.15) is 5.82 Å². The van der Waals surface area contributed by atoms with Crippen molar-refractivity contribution in [1.29, 1.82) is 0 Å². The van der Waals surface area contributed by atoms with Gasteiger partial charge in [-0.15, -0.1) is 11.8 Å².